The molecule has 112 heavy (non-hydrogen) atoms. The van der Waals surface area contributed by atoms with Crippen molar-refractivity contribution in [1.82, 2.24) is 21.3 Å². The van der Waals surface area contributed by atoms with E-state index in [1.165, 1.54) is 6.92 Å². The zero-order valence-electron chi connectivity index (χ0n) is 60.5. The highest BCUT2D eigenvalue weighted by Gasteiger charge is 2.61. The van der Waals surface area contributed by atoms with Gasteiger partial charge in [-0.2, -0.15) is 0 Å². The van der Waals surface area contributed by atoms with Crippen LogP contribution in [0.5, 0.6) is 0 Å². The Balaban J connectivity index is 1.05. The summed E-state index contributed by atoms with van der Waals surface area (Å²) in [6.07, 6.45) is -82.5. The highest BCUT2D eigenvalue weighted by atomic mass is 16.8. The predicted molar refractivity (Wildman–Crippen MR) is 345 cm³/mol. The summed E-state index contributed by atoms with van der Waals surface area (Å²) in [6, 6.07) is -7.28. The summed E-state index contributed by atoms with van der Waals surface area (Å²) < 4.78 is 101. The summed E-state index contributed by atoms with van der Waals surface area (Å²) in [5.74, 6) is 2.25. The number of carbonyl (C=O) groups excluding carboxylic acids is 4. The SMILES string of the molecule is CC(=O)N[C@@H]1[C@@H](O)[C@H](O[C@@H]2O[C@H](CO)[C@@H](O[C@@H]3O[C@H](CO[C@H]4O[C@H](CO)[C@@H](O)[C@H](O)[C@@H]4O[C@@H]4O[C@H](CO)[C@@H](O[C@@H]5O[C@H](CO)[C@H](O)[C@H](O)[C@H]5O)[C@H](ON)[C@H]4NC(C)=O)[C@@H](O)[C@H](O[C@H]4O[C@H](CO)[C@@H](O)[C@H](O)[C@@H]4O[C@@H]4O[C@H](CO)[C@@H](O)[C@H](O)[C@H]4NC(C)=O)[C@@H]3O)[C@H](O)[C@H]2NC(C)=O)[C@@H](CO[C@@H]2O[C@@H](C)[C@@H](O)[C@@H](O)[C@@H]2O)O[C@H]1O. The molecule has 9 aliphatic rings. The van der Waals surface area contributed by atoms with E-state index in [0.717, 1.165) is 27.7 Å². The summed E-state index contributed by atoms with van der Waals surface area (Å²) in [4.78, 5) is 56.3. The van der Waals surface area contributed by atoms with Gasteiger partial charge in [-0.1, -0.05) is 0 Å². The second-order valence-electron chi connectivity index (χ2n) is 28.3. The molecule has 0 aliphatic carbocycles. The molecule has 0 spiro atoms. The van der Waals surface area contributed by atoms with E-state index in [0.29, 0.717) is 0 Å². The van der Waals surface area contributed by atoms with E-state index in [9.17, 15) is 137 Å². The minimum Gasteiger partial charge on any atom is -0.394 e. The number of nitrogens with two attached hydrogens (primary N) is 1. The lowest BCUT2D eigenvalue weighted by atomic mass is 9.93. The number of rotatable bonds is 29. The van der Waals surface area contributed by atoms with E-state index < -0.39 is 353 Å². The van der Waals surface area contributed by atoms with E-state index in [1.807, 2.05) is 0 Å². The lowest BCUT2D eigenvalue weighted by molar-refractivity contribution is -0.397. The normalized spacial score (nSPS) is 48.9. The molecule has 648 valence electrons. The average Bonchev–Trinajstić information content (AvgIpc) is 0.770. The van der Waals surface area contributed by atoms with Gasteiger partial charge in [0.05, 0.1) is 59.0 Å². The van der Waals surface area contributed by atoms with Gasteiger partial charge in [0.25, 0.3) is 0 Å². The molecular weight excluding hydrogens is 1530 g/mol. The fourth-order valence-corrected chi connectivity index (χ4v) is 14.4. The molecule has 0 radical (unpaired) electrons. The van der Waals surface area contributed by atoms with Gasteiger partial charge in [-0.25, -0.2) is 5.90 Å². The van der Waals surface area contributed by atoms with E-state index in [-0.39, 0.29) is 0 Å². The Bertz CT molecular complexity index is 2980. The largest absolute Gasteiger partial charge is 0.394 e. The van der Waals surface area contributed by atoms with Crippen LogP contribution in [0.1, 0.15) is 34.6 Å². The van der Waals surface area contributed by atoms with Crippen molar-refractivity contribution in [2.24, 2.45) is 5.90 Å². The van der Waals surface area contributed by atoms with Gasteiger partial charge in [0.15, 0.2) is 56.6 Å². The van der Waals surface area contributed by atoms with E-state index in [4.69, 9.17) is 91.3 Å². The Hall–Kier alpha value is -3.80. The number of hydrogen-bond donors (Lipinski definition) is 28. The molecule has 9 aliphatic heterocycles. The van der Waals surface area contributed by atoms with E-state index >= 15 is 0 Å². The van der Waals surface area contributed by atoms with Gasteiger partial charge in [-0.05, 0) is 6.92 Å². The molecule has 9 rings (SSSR count). The number of carbonyl (C=O) groups is 4. The molecule has 50 nitrogen and oxygen atoms in total. The molecule has 0 aromatic carbocycles. The van der Waals surface area contributed by atoms with Crippen LogP contribution in [0.4, 0.5) is 0 Å². The maximum Gasteiger partial charge on any atom is 0.217 e. The van der Waals surface area contributed by atoms with Crippen molar-refractivity contribution in [3.05, 3.63) is 0 Å². The Kier molecular flexibility index (Phi) is 33.1. The van der Waals surface area contributed by atoms with Crippen LogP contribution < -0.4 is 27.2 Å². The fourth-order valence-electron chi connectivity index (χ4n) is 14.4. The third kappa shape index (κ3) is 20.4. The number of hydrogen-bond acceptors (Lipinski definition) is 46. The molecule has 9 heterocycles. The van der Waals surface area contributed by atoms with Crippen LogP contribution in [0.3, 0.4) is 0 Å². The predicted octanol–water partition coefficient (Wildman–Crippen LogP) is -19.1. The molecule has 0 aromatic rings. The highest BCUT2D eigenvalue weighted by molar-refractivity contribution is 5.74. The molecule has 45 atom stereocenters. The van der Waals surface area contributed by atoms with Crippen molar-refractivity contribution in [2.75, 3.05) is 52.9 Å². The van der Waals surface area contributed by atoms with Crippen molar-refractivity contribution in [1.29, 1.82) is 0 Å². The Morgan fingerprint density at radius 3 is 1.14 bits per heavy atom. The van der Waals surface area contributed by atoms with Crippen LogP contribution in [0.25, 0.3) is 0 Å². The van der Waals surface area contributed by atoms with Crippen LogP contribution >= 0.6 is 0 Å². The zero-order valence-corrected chi connectivity index (χ0v) is 60.5. The smallest absolute Gasteiger partial charge is 0.217 e. The number of ether oxygens (including phenoxy) is 17. The second kappa shape index (κ2) is 40.3. The van der Waals surface area contributed by atoms with Crippen molar-refractivity contribution in [2.45, 2.75) is 311 Å². The van der Waals surface area contributed by atoms with Gasteiger partial charge >= 0.3 is 0 Å². The molecule has 9 fully saturated rings. The quantitative estimate of drug-likeness (QED) is 0.0309. The number of nitrogens with one attached hydrogen (secondary N) is 4. The molecule has 0 bridgehead atoms. The van der Waals surface area contributed by atoms with E-state index in [1.54, 1.807) is 0 Å². The molecule has 9 saturated heterocycles. The number of aliphatic hydroxyl groups is 23. The number of amides is 4. The standard InChI is InChI=1S/C62H105N5O45/c1-14-31(78)40(87)44(91)58(97-14)95-13-26-48(38(85)27(54(94)98-26)64-15(2)74)106-56-29(66-17(4)76)39(86)47(23(10-72)103-56)107-60-46(93)51(109-62-53(43(90)35(82)22(9-71)102-62)111-55-28(65-16(3)75)37(84)32(79)19(6-68)99-55)36(83)25(105-60)12-96-61-52(42(89)34(81)21(8-70)101-61)110-57-30(67-18(5)77)50(112-63)49(24(11-73)104-57)108-59-45(92)41(88)33(80)20(7-69)100-59/h14,19-62,68-73,78-94H,6-13,63H2,1-5H3,(H,64,74)(H,65,75)(H,66,76)(H,67,77)/t14-,19+,20+,21+,22+,23+,24+,25+,26+,27+,28+,29+,30+,31+,32+,33-,34+,35+,36+,37+,38+,39+,40+,41-,42-,43-,44-,45+,46-,47+,48+,49+,50+,51-,52-,53-,54+,55-,56-,57-,58+,59-,60-,61-,62+/m0/s1. The van der Waals surface area contributed by atoms with Gasteiger partial charge in [-0.3, -0.25) is 24.0 Å². The van der Waals surface area contributed by atoms with E-state index in [2.05, 4.69) is 21.3 Å². The molecular formula is C62H105N5O45. The molecule has 0 aromatic heterocycles. The van der Waals surface area contributed by atoms with Crippen molar-refractivity contribution < 1.29 is 222 Å². The summed E-state index contributed by atoms with van der Waals surface area (Å²) >= 11 is 0. The molecule has 4 amide bonds. The Morgan fingerprint density at radius 2 is 0.616 bits per heavy atom. The minimum absolute atomic E-state index is 0.826. The van der Waals surface area contributed by atoms with Gasteiger partial charge in [0.1, 0.15) is 213 Å². The monoisotopic (exact) mass is 1640 g/mol. The molecule has 50 heteroatoms. The van der Waals surface area contributed by atoms with Crippen molar-refractivity contribution in [3.63, 3.8) is 0 Å². The lowest BCUT2D eigenvalue weighted by Crippen LogP contribution is -2.71. The van der Waals surface area contributed by atoms with Crippen LogP contribution in [0.2, 0.25) is 0 Å². The third-order valence-corrected chi connectivity index (χ3v) is 20.4. The van der Waals surface area contributed by atoms with Crippen molar-refractivity contribution >= 4 is 23.6 Å². The molecule has 0 unspecified atom stereocenters. The third-order valence-electron chi connectivity index (χ3n) is 20.4. The average molecular weight is 1640 g/mol. The van der Waals surface area contributed by atoms with Gasteiger partial charge < -0.3 is 219 Å². The molecule has 29 N–H and O–H groups in total. The van der Waals surface area contributed by atoms with Crippen LogP contribution in [0, 0.1) is 0 Å². The second-order valence-corrected chi connectivity index (χ2v) is 28.3. The van der Waals surface area contributed by atoms with Crippen LogP contribution in [0.15, 0.2) is 0 Å². The minimum atomic E-state index is -2.55. The maximum absolute atomic E-state index is 13.2. The number of aliphatic hydroxyl groups excluding tert-OH is 23. The first-order valence-electron chi connectivity index (χ1n) is 35.7. The summed E-state index contributed by atoms with van der Waals surface area (Å²) in [5.41, 5.74) is 0. The van der Waals surface area contributed by atoms with Crippen molar-refractivity contribution in [3.8, 4) is 0 Å². The Morgan fingerprint density at radius 1 is 0.277 bits per heavy atom. The molecule has 0 saturated carbocycles. The Labute approximate surface area is 634 Å². The fraction of sp³-hybridized carbons (Fsp3) is 0.935. The van der Waals surface area contributed by atoms with Crippen LogP contribution in [-0.2, 0) is 105 Å². The highest BCUT2D eigenvalue weighted by Crippen LogP contribution is 2.40. The zero-order chi connectivity index (χ0) is 82.5. The lowest BCUT2D eigenvalue weighted by Gasteiger charge is -2.51. The summed E-state index contributed by atoms with van der Waals surface area (Å²) in [7, 11) is 0. The topological polar surface area (TPSA) is 774 Å². The van der Waals surface area contributed by atoms with Gasteiger partial charge in [0, 0.05) is 27.7 Å². The van der Waals surface area contributed by atoms with Gasteiger partial charge in [0.2, 0.25) is 23.6 Å². The first-order chi connectivity index (χ1) is 53.0. The summed E-state index contributed by atoms with van der Waals surface area (Å²) in [5, 5.41) is 265. The first kappa shape index (κ1) is 92.1. The first-order valence-corrected chi connectivity index (χ1v) is 35.7. The maximum atomic E-state index is 13.2. The van der Waals surface area contributed by atoms with Gasteiger partial charge in [-0.15, -0.1) is 0 Å². The van der Waals surface area contributed by atoms with Crippen LogP contribution in [-0.4, -0.2) is 470 Å². The summed E-state index contributed by atoms with van der Waals surface area (Å²) in [6.45, 7) is -3.27.